The van der Waals surface area contributed by atoms with Gasteiger partial charge in [0.05, 0.1) is 0 Å². The molecule has 1 aliphatic rings. The van der Waals surface area contributed by atoms with Crippen LogP contribution in [-0.2, 0) is 0 Å². The predicted molar refractivity (Wildman–Crippen MR) is 82.2 cm³/mol. The van der Waals surface area contributed by atoms with Crippen LogP contribution in [0.5, 0.6) is 5.75 Å². The SMILES string of the molecule is Cc1cccc(OC[C@@H](O)CNC2CCCCCC2)c1. The molecule has 2 N–H and O–H groups in total. The molecule has 3 nitrogen and oxygen atoms in total. The Balaban J connectivity index is 1.65. The number of benzene rings is 1. The van der Waals surface area contributed by atoms with E-state index in [1.807, 2.05) is 31.2 Å². The van der Waals surface area contributed by atoms with Gasteiger partial charge in [0.25, 0.3) is 0 Å². The number of rotatable bonds is 6. The third kappa shape index (κ3) is 5.51. The number of ether oxygens (including phenoxy) is 1. The van der Waals surface area contributed by atoms with Gasteiger partial charge in [-0.2, -0.15) is 0 Å². The van der Waals surface area contributed by atoms with Crippen LogP contribution >= 0.6 is 0 Å². The quantitative estimate of drug-likeness (QED) is 0.785. The summed E-state index contributed by atoms with van der Waals surface area (Å²) < 4.78 is 5.62. The van der Waals surface area contributed by atoms with Crippen LogP contribution in [0.1, 0.15) is 44.1 Å². The number of aliphatic hydroxyl groups is 1. The monoisotopic (exact) mass is 277 g/mol. The predicted octanol–water partition coefficient (Wildman–Crippen LogP) is 3.05. The first kappa shape index (κ1) is 15.3. The summed E-state index contributed by atoms with van der Waals surface area (Å²) in [6, 6.07) is 8.51. The van der Waals surface area contributed by atoms with Gasteiger partial charge in [-0.1, -0.05) is 37.8 Å². The van der Waals surface area contributed by atoms with E-state index in [0.29, 0.717) is 19.2 Å². The summed E-state index contributed by atoms with van der Waals surface area (Å²) in [4.78, 5) is 0. The van der Waals surface area contributed by atoms with Crippen molar-refractivity contribution in [3.63, 3.8) is 0 Å². The minimum absolute atomic E-state index is 0.350. The van der Waals surface area contributed by atoms with Crippen LogP contribution in [-0.4, -0.2) is 30.4 Å². The van der Waals surface area contributed by atoms with Crippen molar-refractivity contribution in [2.24, 2.45) is 0 Å². The molecule has 0 amide bonds. The summed E-state index contributed by atoms with van der Waals surface area (Å²) in [7, 11) is 0. The molecule has 0 aliphatic heterocycles. The van der Waals surface area contributed by atoms with Crippen LogP contribution in [0.2, 0.25) is 0 Å². The van der Waals surface area contributed by atoms with Crippen LogP contribution in [0.25, 0.3) is 0 Å². The molecule has 0 spiro atoms. The standard InChI is InChI=1S/C17H27NO2/c1-14-7-6-10-17(11-14)20-13-16(19)12-18-15-8-4-2-3-5-9-15/h6-7,10-11,15-16,18-19H,2-5,8-9,12-13H2,1H3/t16-/m0/s1. The Kier molecular flexibility index (Phi) is 6.34. The van der Waals surface area contributed by atoms with E-state index in [-0.39, 0.29) is 0 Å². The van der Waals surface area contributed by atoms with Gasteiger partial charge in [-0.05, 0) is 37.5 Å². The van der Waals surface area contributed by atoms with E-state index in [2.05, 4.69) is 5.32 Å². The highest BCUT2D eigenvalue weighted by molar-refractivity contribution is 5.27. The first-order valence-corrected chi connectivity index (χ1v) is 7.85. The van der Waals surface area contributed by atoms with Crippen LogP contribution < -0.4 is 10.1 Å². The Morgan fingerprint density at radius 2 is 2.00 bits per heavy atom. The first-order valence-electron chi connectivity index (χ1n) is 7.85. The Labute approximate surface area is 122 Å². The summed E-state index contributed by atoms with van der Waals surface area (Å²) in [6.07, 6.45) is 7.38. The van der Waals surface area contributed by atoms with Crippen molar-refractivity contribution >= 4 is 0 Å². The van der Waals surface area contributed by atoms with Gasteiger partial charge in [-0.25, -0.2) is 0 Å². The molecule has 0 bridgehead atoms. The molecule has 0 heterocycles. The Morgan fingerprint density at radius 1 is 1.25 bits per heavy atom. The minimum atomic E-state index is -0.446. The number of hydrogen-bond donors (Lipinski definition) is 2. The molecule has 0 unspecified atom stereocenters. The van der Waals surface area contributed by atoms with E-state index in [0.717, 1.165) is 5.75 Å². The van der Waals surface area contributed by atoms with Gasteiger partial charge >= 0.3 is 0 Å². The largest absolute Gasteiger partial charge is 0.491 e. The van der Waals surface area contributed by atoms with Gasteiger partial charge in [0.1, 0.15) is 18.5 Å². The van der Waals surface area contributed by atoms with E-state index < -0.39 is 6.10 Å². The van der Waals surface area contributed by atoms with Crippen LogP contribution in [0, 0.1) is 6.92 Å². The molecular formula is C17H27NO2. The molecule has 1 aliphatic carbocycles. The van der Waals surface area contributed by atoms with Gasteiger partial charge in [0, 0.05) is 12.6 Å². The van der Waals surface area contributed by atoms with E-state index >= 15 is 0 Å². The maximum Gasteiger partial charge on any atom is 0.119 e. The molecular weight excluding hydrogens is 250 g/mol. The highest BCUT2D eigenvalue weighted by Crippen LogP contribution is 2.17. The topological polar surface area (TPSA) is 41.5 Å². The number of aliphatic hydroxyl groups excluding tert-OH is 1. The molecule has 0 radical (unpaired) electrons. The highest BCUT2D eigenvalue weighted by atomic mass is 16.5. The third-order valence-corrected chi connectivity index (χ3v) is 3.93. The van der Waals surface area contributed by atoms with Gasteiger partial charge in [-0.15, -0.1) is 0 Å². The lowest BCUT2D eigenvalue weighted by atomic mass is 10.1. The van der Waals surface area contributed by atoms with E-state index in [1.54, 1.807) is 0 Å². The van der Waals surface area contributed by atoms with Crippen molar-refractivity contribution < 1.29 is 9.84 Å². The molecule has 1 atom stereocenters. The fourth-order valence-electron chi connectivity index (χ4n) is 2.74. The van der Waals surface area contributed by atoms with Crippen LogP contribution in [0.3, 0.4) is 0 Å². The smallest absolute Gasteiger partial charge is 0.119 e. The molecule has 1 aromatic rings. The third-order valence-electron chi connectivity index (χ3n) is 3.93. The van der Waals surface area contributed by atoms with E-state index in [9.17, 15) is 5.11 Å². The minimum Gasteiger partial charge on any atom is -0.491 e. The van der Waals surface area contributed by atoms with Gasteiger partial charge < -0.3 is 15.2 Å². The number of aryl methyl sites for hydroxylation is 1. The first-order chi connectivity index (χ1) is 9.74. The second-order valence-electron chi connectivity index (χ2n) is 5.88. The normalized spacial score (nSPS) is 18.5. The van der Waals surface area contributed by atoms with Gasteiger partial charge in [0.15, 0.2) is 0 Å². The van der Waals surface area contributed by atoms with Crippen molar-refractivity contribution in [1.29, 1.82) is 0 Å². The molecule has 1 fully saturated rings. The lowest BCUT2D eigenvalue weighted by Crippen LogP contribution is -2.37. The lowest BCUT2D eigenvalue weighted by Gasteiger charge is -2.19. The molecule has 20 heavy (non-hydrogen) atoms. The van der Waals surface area contributed by atoms with Crippen LogP contribution in [0.15, 0.2) is 24.3 Å². The number of hydrogen-bond acceptors (Lipinski definition) is 3. The molecule has 1 aromatic carbocycles. The average molecular weight is 277 g/mol. The lowest BCUT2D eigenvalue weighted by molar-refractivity contribution is 0.103. The van der Waals surface area contributed by atoms with Gasteiger partial charge in [0.2, 0.25) is 0 Å². The molecule has 3 heteroatoms. The second-order valence-corrected chi connectivity index (χ2v) is 5.88. The van der Waals surface area contributed by atoms with E-state index in [4.69, 9.17) is 4.74 Å². The van der Waals surface area contributed by atoms with Crippen molar-refractivity contribution in [3.8, 4) is 5.75 Å². The summed E-state index contributed by atoms with van der Waals surface area (Å²) >= 11 is 0. The van der Waals surface area contributed by atoms with Gasteiger partial charge in [-0.3, -0.25) is 0 Å². The molecule has 2 rings (SSSR count). The summed E-state index contributed by atoms with van der Waals surface area (Å²) in [5.74, 6) is 0.832. The zero-order chi connectivity index (χ0) is 14.2. The molecule has 112 valence electrons. The molecule has 0 saturated heterocycles. The summed E-state index contributed by atoms with van der Waals surface area (Å²) in [5, 5.41) is 13.5. The van der Waals surface area contributed by atoms with E-state index in [1.165, 1.54) is 44.1 Å². The average Bonchev–Trinajstić information content (AvgIpc) is 2.71. The van der Waals surface area contributed by atoms with Crippen molar-refractivity contribution in [2.45, 2.75) is 57.6 Å². The maximum absolute atomic E-state index is 9.99. The number of nitrogens with one attached hydrogen (secondary N) is 1. The summed E-state index contributed by atoms with van der Waals surface area (Å²) in [6.45, 7) is 3.01. The maximum atomic E-state index is 9.99. The fraction of sp³-hybridized carbons (Fsp3) is 0.647. The zero-order valence-electron chi connectivity index (χ0n) is 12.5. The zero-order valence-corrected chi connectivity index (χ0v) is 12.5. The van der Waals surface area contributed by atoms with Crippen molar-refractivity contribution in [3.05, 3.63) is 29.8 Å². The Bertz CT molecular complexity index is 386. The van der Waals surface area contributed by atoms with Crippen molar-refractivity contribution in [2.75, 3.05) is 13.2 Å². The van der Waals surface area contributed by atoms with Crippen LogP contribution in [0.4, 0.5) is 0 Å². The Hall–Kier alpha value is -1.06. The highest BCUT2D eigenvalue weighted by Gasteiger charge is 2.13. The van der Waals surface area contributed by atoms with Crippen molar-refractivity contribution in [1.82, 2.24) is 5.32 Å². The molecule has 0 aromatic heterocycles. The Morgan fingerprint density at radius 3 is 2.70 bits per heavy atom. The molecule has 1 saturated carbocycles. The summed E-state index contributed by atoms with van der Waals surface area (Å²) in [5.41, 5.74) is 1.17. The second kappa shape index (κ2) is 8.28. The fourth-order valence-corrected chi connectivity index (χ4v) is 2.74.